The highest BCUT2D eigenvalue weighted by molar-refractivity contribution is 7.09. The van der Waals surface area contributed by atoms with Gasteiger partial charge in [0.2, 0.25) is 5.51 Å². The molecule has 1 aromatic carbocycles. The van der Waals surface area contributed by atoms with Crippen molar-refractivity contribution in [1.29, 1.82) is 0 Å². The first-order valence-electron chi connectivity index (χ1n) is 8.56. The first kappa shape index (κ1) is 24.3. The Hall–Kier alpha value is -2.75. The molecule has 0 unspecified atom stereocenters. The molecule has 0 saturated heterocycles. The highest BCUT2D eigenvalue weighted by Gasteiger charge is 2.17. The number of carbonyl (C=O) groups is 1. The summed E-state index contributed by atoms with van der Waals surface area (Å²) in [6.07, 6.45) is 2.47. The molecule has 0 fully saturated rings. The molecule has 156 valence electrons. The number of halogens is 1. The van der Waals surface area contributed by atoms with Crippen molar-refractivity contribution in [3.63, 3.8) is 0 Å². The molecule has 0 aliphatic rings. The number of hydrogen-bond donors (Lipinski definition) is 4. The Morgan fingerprint density at radius 3 is 2.41 bits per heavy atom. The minimum atomic E-state index is -0.931. The molecule has 29 heavy (non-hydrogen) atoms. The number of benzene rings is 1. The summed E-state index contributed by atoms with van der Waals surface area (Å²) in [7, 11) is 0. The highest BCUT2D eigenvalue weighted by atomic mass is 35.5. The van der Waals surface area contributed by atoms with Crippen LogP contribution in [0.4, 0.5) is 11.5 Å². The summed E-state index contributed by atoms with van der Waals surface area (Å²) in [5.74, 6) is 0.286. The van der Waals surface area contributed by atoms with Gasteiger partial charge in [0.15, 0.2) is 12.2 Å². The molecule has 2 aromatic heterocycles. The van der Waals surface area contributed by atoms with E-state index in [2.05, 4.69) is 14.5 Å². The summed E-state index contributed by atoms with van der Waals surface area (Å²) >= 11 is 1.65. The smallest absolute Gasteiger partial charge is 0.335 e. The van der Waals surface area contributed by atoms with Crippen LogP contribution in [0.3, 0.4) is 0 Å². The van der Waals surface area contributed by atoms with Gasteiger partial charge in [0.25, 0.3) is 0 Å². The number of carboxylic acid groups (broad SMARTS) is 1. The second kappa shape index (κ2) is 11.3. The topological polar surface area (TPSA) is 139 Å². The summed E-state index contributed by atoms with van der Waals surface area (Å²) in [4.78, 5) is 19.8. The molecular weight excluding hydrogens is 414 g/mol. The van der Waals surface area contributed by atoms with Crippen LogP contribution in [0.25, 0.3) is 0 Å². The van der Waals surface area contributed by atoms with Gasteiger partial charge in [0, 0.05) is 31.8 Å². The predicted molar refractivity (Wildman–Crippen MR) is 108 cm³/mol. The summed E-state index contributed by atoms with van der Waals surface area (Å²) in [5, 5.41) is 17.4. The van der Waals surface area contributed by atoms with Gasteiger partial charge in [0.1, 0.15) is 11.6 Å². The Balaban J connectivity index is 0.000000327. The van der Waals surface area contributed by atoms with Gasteiger partial charge in [-0.25, -0.2) is 14.8 Å². The number of carboxylic acids is 1. The van der Waals surface area contributed by atoms with Crippen LogP contribution in [0.1, 0.15) is 32.3 Å². The van der Waals surface area contributed by atoms with Crippen molar-refractivity contribution in [1.82, 2.24) is 9.97 Å². The zero-order valence-electron chi connectivity index (χ0n) is 16.2. The van der Waals surface area contributed by atoms with Gasteiger partial charge in [-0.2, -0.15) is 4.57 Å². The van der Waals surface area contributed by atoms with Crippen molar-refractivity contribution < 1.29 is 32.0 Å². The number of anilines is 2. The van der Waals surface area contributed by atoms with E-state index in [-0.39, 0.29) is 24.6 Å². The van der Waals surface area contributed by atoms with Crippen LogP contribution in [0.2, 0.25) is 0 Å². The number of hydrogen-bond acceptors (Lipinski definition) is 7. The number of rotatable bonds is 5. The molecule has 2 heterocycles. The van der Waals surface area contributed by atoms with Gasteiger partial charge in [-0.3, -0.25) is 0 Å². The van der Waals surface area contributed by atoms with Crippen molar-refractivity contribution in [3.8, 4) is 0 Å². The molecule has 3 aromatic rings. The number of aromatic nitrogens is 3. The first-order chi connectivity index (χ1) is 13.3. The molecule has 0 spiro atoms. The monoisotopic (exact) mass is 437 g/mol. The molecule has 0 aliphatic carbocycles. The SMILES string of the molecule is Cc1ncc(C[n+]2csc(CCO)c2C)c(N)n1.Nc1ccc(C(=O)O)cc1.[Cl-]. The molecule has 6 N–H and O–H groups in total. The van der Waals surface area contributed by atoms with Crippen LogP contribution < -0.4 is 28.4 Å². The average molecular weight is 438 g/mol. The maximum atomic E-state index is 10.3. The first-order valence-corrected chi connectivity index (χ1v) is 9.43. The Bertz CT molecular complexity index is 948. The number of aliphatic hydroxyl groups is 1. The number of aryl methyl sites for hydroxylation is 1. The molecule has 0 radical (unpaired) electrons. The van der Waals surface area contributed by atoms with Crippen LogP contribution in [0.5, 0.6) is 0 Å². The Morgan fingerprint density at radius 1 is 1.21 bits per heavy atom. The molecule has 0 atom stereocenters. The molecule has 0 saturated carbocycles. The fourth-order valence-corrected chi connectivity index (χ4v) is 3.38. The van der Waals surface area contributed by atoms with E-state index in [1.807, 2.05) is 19.4 Å². The maximum Gasteiger partial charge on any atom is 0.335 e. The van der Waals surface area contributed by atoms with Gasteiger partial charge in [-0.1, -0.05) is 11.3 Å². The van der Waals surface area contributed by atoms with Crippen LogP contribution >= 0.6 is 11.3 Å². The van der Waals surface area contributed by atoms with E-state index in [1.165, 1.54) is 17.0 Å². The Morgan fingerprint density at radius 2 is 1.86 bits per heavy atom. The summed E-state index contributed by atoms with van der Waals surface area (Å²) < 4.78 is 2.11. The Kier molecular flexibility index (Phi) is 9.46. The fraction of sp³-hybridized carbons (Fsp3) is 0.263. The van der Waals surface area contributed by atoms with Gasteiger partial charge in [-0.05, 0) is 31.2 Å². The lowest BCUT2D eigenvalue weighted by Gasteiger charge is -2.01. The number of nitrogen functional groups attached to an aromatic ring is 2. The van der Waals surface area contributed by atoms with Gasteiger partial charge >= 0.3 is 5.97 Å². The summed E-state index contributed by atoms with van der Waals surface area (Å²) in [6, 6.07) is 6.06. The zero-order chi connectivity index (χ0) is 20.7. The molecule has 0 bridgehead atoms. The van der Waals surface area contributed by atoms with E-state index >= 15 is 0 Å². The quantitative estimate of drug-likeness (QED) is 0.283. The molecule has 3 rings (SSSR count). The lowest BCUT2D eigenvalue weighted by Crippen LogP contribution is -3.00. The summed E-state index contributed by atoms with van der Waals surface area (Å²) in [6.45, 7) is 4.71. The molecular formula is C19H24ClN5O3S. The number of aliphatic hydroxyl groups excluding tert-OH is 1. The lowest BCUT2D eigenvalue weighted by atomic mass is 10.2. The van der Waals surface area contributed by atoms with Crippen molar-refractivity contribution in [2.24, 2.45) is 0 Å². The third-order valence-electron chi connectivity index (χ3n) is 4.01. The maximum absolute atomic E-state index is 10.3. The van der Waals surface area contributed by atoms with E-state index in [9.17, 15) is 4.79 Å². The number of aromatic carboxylic acids is 1. The van der Waals surface area contributed by atoms with Crippen LogP contribution in [0.15, 0.2) is 36.0 Å². The largest absolute Gasteiger partial charge is 1.00 e. The average Bonchev–Trinajstić information content (AvgIpc) is 2.99. The third kappa shape index (κ3) is 6.97. The number of nitrogens with two attached hydrogens (primary N) is 2. The second-order valence-corrected chi connectivity index (χ2v) is 7.03. The van der Waals surface area contributed by atoms with Crippen LogP contribution in [-0.4, -0.2) is 32.8 Å². The highest BCUT2D eigenvalue weighted by Crippen LogP contribution is 2.13. The zero-order valence-corrected chi connectivity index (χ0v) is 17.7. The van der Waals surface area contributed by atoms with Gasteiger partial charge < -0.3 is 34.1 Å². The second-order valence-electron chi connectivity index (χ2n) is 6.09. The van der Waals surface area contributed by atoms with E-state index in [4.69, 9.17) is 21.7 Å². The van der Waals surface area contributed by atoms with Crippen molar-refractivity contribution in [2.45, 2.75) is 26.8 Å². The lowest BCUT2D eigenvalue weighted by molar-refractivity contribution is -0.689. The third-order valence-corrected chi connectivity index (χ3v) is 5.16. The standard InChI is InChI=1S/C12H17N4OS.C7H7NO2.ClH/c1-8-11(3-4-17)18-7-16(8)6-10-5-14-9(2)15-12(10)13;8-6-3-1-5(2-4-6)7(9)10;/h5,7,17H,3-4,6H2,1-2H3,(H2,13,14,15);1-4H,8H2,(H,9,10);1H/q+1;;/p-1. The van der Waals surface area contributed by atoms with E-state index in [1.54, 1.807) is 29.7 Å². The fourth-order valence-electron chi connectivity index (χ4n) is 2.39. The minimum Gasteiger partial charge on any atom is -1.00 e. The summed E-state index contributed by atoms with van der Waals surface area (Å²) in [5.41, 5.74) is 16.2. The van der Waals surface area contributed by atoms with E-state index < -0.39 is 5.97 Å². The number of thiazole rings is 1. The van der Waals surface area contributed by atoms with Gasteiger partial charge in [0.05, 0.1) is 16.0 Å². The predicted octanol–water partition coefficient (Wildman–Crippen LogP) is -1.42. The van der Waals surface area contributed by atoms with Crippen LogP contribution in [-0.2, 0) is 13.0 Å². The van der Waals surface area contributed by atoms with Crippen molar-refractivity contribution in [2.75, 3.05) is 18.1 Å². The molecule has 10 heteroatoms. The van der Waals surface area contributed by atoms with Gasteiger partial charge in [-0.15, -0.1) is 0 Å². The molecule has 8 nitrogen and oxygen atoms in total. The van der Waals surface area contributed by atoms with Crippen molar-refractivity contribution in [3.05, 3.63) is 63.5 Å². The van der Waals surface area contributed by atoms with Crippen molar-refractivity contribution >= 4 is 28.8 Å². The van der Waals surface area contributed by atoms with Crippen LogP contribution in [0, 0.1) is 13.8 Å². The molecule has 0 amide bonds. The Labute approximate surface area is 179 Å². The molecule has 0 aliphatic heterocycles. The van der Waals surface area contributed by atoms with E-state index in [0.717, 1.165) is 11.3 Å². The van der Waals surface area contributed by atoms with E-state index in [0.29, 0.717) is 30.3 Å². The number of nitrogens with zero attached hydrogens (tertiary/aromatic N) is 3. The normalized spacial score (nSPS) is 9.90. The minimum absolute atomic E-state index is 0.